The van der Waals surface area contributed by atoms with E-state index in [0.29, 0.717) is 11.1 Å². The zero-order chi connectivity index (χ0) is 21.0. The first-order valence-electron chi connectivity index (χ1n) is 8.39. The maximum absolute atomic E-state index is 13.3. The van der Waals surface area contributed by atoms with Gasteiger partial charge in [0.25, 0.3) is 5.91 Å². The minimum Gasteiger partial charge on any atom is -0.505 e. The molecule has 0 spiro atoms. The highest BCUT2D eigenvalue weighted by Gasteiger charge is 2.16. The van der Waals surface area contributed by atoms with Gasteiger partial charge in [-0.1, -0.05) is 23.7 Å². The number of hydrogen-bond acceptors (Lipinski definition) is 5. The van der Waals surface area contributed by atoms with E-state index in [4.69, 9.17) is 11.6 Å². The van der Waals surface area contributed by atoms with Crippen LogP contribution >= 0.6 is 11.6 Å². The molecule has 0 aliphatic heterocycles. The van der Waals surface area contributed by atoms with Crippen molar-refractivity contribution in [3.8, 4) is 23.1 Å². The fourth-order valence-electron chi connectivity index (χ4n) is 2.64. The molecule has 0 saturated heterocycles. The van der Waals surface area contributed by atoms with Gasteiger partial charge in [-0.05, 0) is 36.4 Å². The van der Waals surface area contributed by atoms with Gasteiger partial charge in [-0.3, -0.25) is 9.78 Å². The van der Waals surface area contributed by atoms with Crippen LogP contribution in [-0.4, -0.2) is 28.8 Å². The lowest BCUT2D eigenvalue weighted by molar-refractivity contribution is 0.0963. The minimum absolute atomic E-state index is 0.101. The zero-order valence-electron chi connectivity index (χ0n) is 15.1. The summed E-state index contributed by atoms with van der Waals surface area (Å²) < 4.78 is 13.3. The molecule has 29 heavy (non-hydrogen) atoms. The van der Waals surface area contributed by atoms with Crippen molar-refractivity contribution in [1.82, 2.24) is 10.3 Å². The SMILES string of the molecule is CNC(=O)c1cccc(-c2nccc(C(C#N)=Nc3ccc(F)c(Cl)c3)c2O)c1. The summed E-state index contributed by atoms with van der Waals surface area (Å²) in [5, 5.41) is 22.7. The predicted molar refractivity (Wildman–Crippen MR) is 108 cm³/mol. The van der Waals surface area contributed by atoms with Gasteiger partial charge in [0.2, 0.25) is 0 Å². The van der Waals surface area contributed by atoms with Crippen molar-refractivity contribution in [2.45, 2.75) is 0 Å². The van der Waals surface area contributed by atoms with Gasteiger partial charge in [-0.15, -0.1) is 0 Å². The van der Waals surface area contributed by atoms with Crippen molar-refractivity contribution in [3.63, 3.8) is 0 Å². The normalized spacial score (nSPS) is 11.0. The van der Waals surface area contributed by atoms with Crippen LogP contribution in [-0.2, 0) is 0 Å². The van der Waals surface area contributed by atoms with E-state index in [2.05, 4.69) is 15.3 Å². The Morgan fingerprint density at radius 3 is 2.76 bits per heavy atom. The third kappa shape index (κ3) is 4.23. The van der Waals surface area contributed by atoms with Crippen LogP contribution < -0.4 is 5.32 Å². The van der Waals surface area contributed by atoms with Crippen LogP contribution in [0, 0.1) is 17.1 Å². The first kappa shape index (κ1) is 20.0. The smallest absolute Gasteiger partial charge is 0.251 e. The molecule has 3 rings (SSSR count). The minimum atomic E-state index is -0.603. The monoisotopic (exact) mass is 408 g/mol. The Hall–Kier alpha value is -3.76. The Bertz CT molecular complexity index is 1170. The molecule has 2 aromatic carbocycles. The molecule has 0 atom stereocenters. The number of rotatable bonds is 4. The van der Waals surface area contributed by atoms with Gasteiger partial charge in [-0.25, -0.2) is 9.38 Å². The number of nitrogens with zero attached hydrogens (tertiary/aromatic N) is 3. The molecule has 0 saturated carbocycles. The van der Waals surface area contributed by atoms with Crippen molar-refractivity contribution in [1.29, 1.82) is 5.26 Å². The Morgan fingerprint density at radius 1 is 1.28 bits per heavy atom. The molecule has 1 aromatic heterocycles. The van der Waals surface area contributed by atoms with E-state index < -0.39 is 5.82 Å². The summed E-state index contributed by atoms with van der Waals surface area (Å²) in [6, 6.07) is 13.7. The number of halogens is 2. The summed E-state index contributed by atoms with van der Waals surface area (Å²) in [4.78, 5) is 20.2. The van der Waals surface area contributed by atoms with E-state index >= 15 is 0 Å². The Labute approximate surface area is 170 Å². The average molecular weight is 409 g/mol. The topological polar surface area (TPSA) is 98.4 Å². The van der Waals surface area contributed by atoms with Crippen molar-refractivity contribution < 1.29 is 14.3 Å². The molecular weight excluding hydrogens is 395 g/mol. The van der Waals surface area contributed by atoms with Gasteiger partial charge >= 0.3 is 0 Å². The number of carbonyl (C=O) groups is 1. The third-order valence-corrected chi connectivity index (χ3v) is 4.34. The largest absolute Gasteiger partial charge is 0.505 e. The molecule has 8 heteroatoms. The fourth-order valence-corrected chi connectivity index (χ4v) is 2.81. The Morgan fingerprint density at radius 2 is 2.07 bits per heavy atom. The predicted octanol–water partition coefficient (Wildman–Crippen LogP) is 4.25. The second kappa shape index (κ2) is 8.50. The van der Waals surface area contributed by atoms with E-state index in [1.807, 2.05) is 6.07 Å². The average Bonchev–Trinajstić information content (AvgIpc) is 2.74. The lowest BCUT2D eigenvalue weighted by Crippen LogP contribution is -2.17. The van der Waals surface area contributed by atoms with Gasteiger partial charge in [0.15, 0.2) is 11.5 Å². The van der Waals surface area contributed by atoms with E-state index in [0.717, 1.165) is 6.07 Å². The number of nitrogens with one attached hydrogen (secondary N) is 1. The molecule has 0 aliphatic rings. The van der Waals surface area contributed by atoms with Crippen molar-refractivity contribution in [2.75, 3.05) is 7.05 Å². The standard InChI is InChI=1S/C21H14ClFN4O2/c1-25-21(29)13-4-2-3-12(9-13)19-20(28)15(7-8-26-19)18(11-24)27-14-5-6-17(23)16(22)10-14/h2-10,28H,1H3,(H,25,29). The van der Waals surface area contributed by atoms with Crippen molar-refractivity contribution in [3.05, 3.63) is 76.7 Å². The number of aromatic nitrogens is 1. The Kier molecular flexibility index (Phi) is 5.86. The number of hydrogen-bond donors (Lipinski definition) is 2. The molecule has 2 N–H and O–H groups in total. The summed E-state index contributed by atoms with van der Waals surface area (Å²) in [6.45, 7) is 0. The third-order valence-electron chi connectivity index (χ3n) is 4.05. The molecule has 0 unspecified atom stereocenters. The van der Waals surface area contributed by atoms with Crippen LogP contribution in [0.2, 0.25) is 5.02 Å². The van der Waals surface area contributed by atoms with Gasteiger partial charge in [-0.2, -0.15) is 5.26 Å². The highest BCUT2D eigenvalue weighted by molar-refractivity contribution is 6.31. The fraction of sp³-hybridized carbons (Fsp3) is 0.0476. The number of carbonyl (C=O) groups excluding carboxylic acids is 1. The second-order valence-corrected chi connectivity index (χ2v) is 6.29. The molecule has 144 valence electrons. The van der Waals surface area contributed by atoms with Crippen LogP contribution in [0.25, 0.3) is 11.3 Å². The van der Waals surface area contributed by atoms with E-state index in [9.17, 15) is 19.6 Å². The maximum atomic E-state index is 13.3. The molecule has 3 aromatic rings. The van der Waals surface area contributed by atoms with Gasteiger partial charge in [0.1, 0.15) is 17.6 Å². The number of amides is 1. The van der Waals surface area contributed by atoms with Crippen molar-refractivity contribution >= 4 is 28.9 Å². The zero-order valence-corrected chi connectivity index (χ0v) is 15.9. The number of benzene rings is 2. The summed E-state index contributed by atoms with van der Waals surface area (Å²) in [7, 11) is 1.52. The second-order valence-electron chi connectivity index (χ2n) is 5.89. The molecule has 0 fully saturated rings. The van der Waals surface area contributed by atoms with Crippen LogP contribution in [0.1, 0.15) is 15.9 Å². The number of pyridine rings is 1. The molecular formula is C21H14ClFN4O2. The van der Waals surface area contributed by atoms with E-state index in [1.54, 1.807) is 24.3 Å². The summed E-state index contributed by atoms with van der Waals surface area (Å²) in [5.41, 5.74) is 1.37. The quantitative estimate of drug-likeness (QED) is 0.630. The lowest BCUT2D eigenvalue weighted by atomic mass is 10.0. The molecule has 1 amide bonds. The Balaban J connectivity index is 2.08. The number of nitriles is 1. The summed E-state index contributed by atoms with van der Waals surface area (Å²) in [6.07, 6.45) is 1.42. The maximum Gasteiger partial charge on any atom is 0.251 e. The molecule has 0 aliphatic carbocycles. The highest BCUT2D eigenvalue weighted by atomic mass is 35.5. The first-order valence-corrected chi connectivity index (χ1v) is 8.77. The van der Waals surface area contributed by atoms with E-state index in [-0.39, 0.29) is 39.3 Å². The molecule has 1 heterocycles. The number of aromatic hydroxyl groups is 1. The van der Waals surface area contributed by atoms with Crippen LogP contribution in [0.4, 0.5) is 10.1 Å². The molecule has 0 bridgehead atoms. The number of aliphatic imine (C=N–C) groups is 1. The van der Waals surface area contributed by atoms with Crippen molar-refractivity contribution in [2.24, 2.45) is 4.99 Å². The van der Waals surface area contributed by atoms with Gasteiger partial charge in [0.05, 0.1) is 16.3 Å². The van der Waals surface area contributed by atoms with Crippen LogP contribution in [0.3, 0.4) is 0 Å². The van der Waals surface area contributed by atoms with Crippen LogP contribution in [0.5, 0.6) is 5.75 Å². The first-order chi connectivity index (χ1) is 13.9. The highest BCUT2D eigenvalue weighted by Crippen LogP contribution is 2.32. The summed E-state index contributed by atoms with van der Waals surface area (Å²) in [5.74, 6) is -1.15. The summed E-state index contributed by atoms with van der Waals surface area (Å²) >= 11 is 5.76. The molecule has 6 nitrogen and oxygen atoms in total. The van der Waals surface area contributed by atoms with Gasteiger partial charge < -0.3 is 10.4 Å². The lowest BCUT2D eigenvalue weighted by Gasteiger charge is -2.09. The van der Waals surface area contributed by atoms with Gasteiger partial charge in [0, 0.05) is 24.4 Å². The van der Waals surface area contributed by atoms with E-state index in [1.165, 1.54) is 31.4 Å². The van der Waals surface area contributed by atoms with Crippen LogP contribution in [0.15, 0.2) is 59.7 Å². The molecule has 0 radical (unpaired) electrons.